The van der Waals surface area contributed by atoms with Gasteiger partial charge in [-0.15, -0.1) is 11.3 Å². The number of hydrogen-bond donors (Lipinski definition) is 2. The van der Waals surface area contributed by atoms with Crippen LogP contribution >= 0.6 is 11.3 Å². The zero-order valence-corrected chi connectivity index (χ0v) is 13.3. The third-order valence-corrected chi connectivity index (χ3v) is 5.32. The summed E-state index contributed by atoms with van der Waals surface area (Å²) in [6.45, 7) is 1.43. The fourth-order valence-electron chi connectivity index (χ4n) is 3.30. The number of benzene rings is 1. The molecule has 3 heterocycles. The van der Waals surface area contributed by atoms with Crippen molar-refractivity contribution in [3.63, 3.8) is 0 Å². The van der Waals surface area contributed by atoms with Crippen molar-refractivity contribution in [2.24, 2.45) is 0 Å². The van der Waals surface area contributed by atoms with Crippen LogP contribution in [0.5, 0.6) is 0 Å². The van der Waals surface area contributed by atoms with Gasteiger partial charge in [0.25, 0.3) is 5.56 Å². The van der Waals surface area contributed by atoms with Crippen molar-refractivity contribution in [1.82, 2.24) is 14.9 Å². The number of thiophene rings is 1. The van der Waals surface area contributed by atoms with Gasteiger partial charge < -0.3 is 10.1 Å². The first kappa shape index (κ1) is 14.6. The minimum atomic E-state index is -0.0852. The molecule has 0 spiro atoms. The van der Waals surface area contributed by atoms with E-state index >= 15 is 0 Å². The van der Waals surface area contributed by atoms with E-state index in [1.165, 1.54) is 22.5 Å². The van der Waals surface area contributed by atoms with Crippen LogP contribution in [0.25, 0.3) is 10.2 Å². The van der Waals surface area contributed by atoms with Gasteiger partial charge in [0.1, 0.15) is 10.5 Å². The van der Waals surface area contributed by atoms with Crippen molar-refractivity contribution in [3.8, 4) is 0 Å². The maximum atomic E-state index is 12.1. The molecular weight excluding hydrogens is 310 g/mol. The highest BCUT2D eigenvalue weighted by atomic mass is 32.1. The summed E-state index contributed by atoms with van der Waals surface area (Å²) in [4.78, 5) is 21.7. The van der Waals surface area contributed by atoms with E-state index in [-0.39, 0.29) is 18.2 Å². The van der Waals surface area contributed by atoms with Gasteiger partial charge in [-0.05, 0) is 29.0 Å². The average Bonchev–Trinajstić information content (AvgIpc) is 3.04. The molecule has 0 aliphatic carbocycles. The number of aromatic nitrogens is 2. The molecule has 23 heavy (non-hydrogen) atoms. The highest BCUT2D eigenvalue weighted by Crippen LogP contribution is 2.30. The van der Waals surface area contributed by atoms with Gasteiger partial charge in [-0.25, -0.2) is 4.98 Å². The van der Waals surface area contributed by atoms with E-state index in [1.54, 1.807) is 0 Å². The molecule has 4 rings (SSSR count). The van der Waals surface area contributed by atoms with E-state index < -0.39 is 0 Å². The molecule has 2 N–H and O–H groups in total. The molecule has 0 fully saturated rings. The van der Waals surface area contributed by atoms with Gasteiger partial charge in [-0.1, -0.05) is 24.3 Å². The maximum absolute atomic E-state index is 12.1. The summed E-state index contributed by atoms with van der Waals surface area (Å²) in [5.41, 5.74) is 3.11. The summed E-state index contributed by atoms with van der Waals surface area (Å²) in [5, 5.41) is 11.7. The third-order valence-electron chi connectivity index (χ3n) is 4.41. The van der Waals surface area contributed by atoms with Gasteiger partial charge in [0.2, 0.25) is 0 Å². The van der Waals surface area contributed by atoms with E-state index in [1.807, 2.05) is 23.6 Å². The lowest BCUT2D eigenvalue weighted by Gasteiger charge is -2.35. The molecule has 6 heteroatoms. The molecule has 1 unspecified atom stereocenters. The number of H-pyrrole nitrogens is 1. The highest BCUT2D eigenvalue weighted by molar-refractivity contribution is 7.17. The molecule has 0 bridgehead atoms. The minimum Gasteiger partial charge on any atom is -0.394 e. The summed E-state index contributed by atoms with van der Waals surface area (Å²) in [7, 11) is 0. The van der Waals surface area contributed by atoms with Crippen LogP contribution in [-0.2, 0) is 13.0 Å². The number of nitrogens with zero attached hydrogens (tertiary/aromatic N) is 2. The molecule has 3 aromatic rings. The molecule has 1 aliphatic heterocycles. The average molecular weight is 327 g/mol. The molecular formula is C17H17N3O2S. The van der Waals surface area contributed by atoms with Gasteiger partial charge in [0.05, 0.1) is 24.7 Å². The molecule has 0 saturated heterocycles. The Bertz CT molecular complexity index is 902. The third kappa shape index (κ3) is 2.59. The summed E-state index contributed by atoms with van der Waals surface area (Å²) in [6.07, 6.45) is 0.942. The second kappa shape index (κ2) is 5.88. The van der Waals surface area contributed by atoms with E-state index in [2.05, 4.69) is 27.0 Å². The van der Waals surface area contributed by atoms with E-state index in [0.29, 0.717) is 17.1 Å². The van der Waals surface area contributed by atoms with Gasteiger partial charge in [-0.2, -0.15) is 0 Å². The molecule has 5 nitrogen and oxygen atoms in total. The van der Waals surface area contributed by atoms with Crippen LogP contribution < -0.4 is 5.56 Å². The Hall–Kier alpha value is -2.02. The topological polar surface area (TPSA) is 69.2 Å². The molecule has 0 radical (unpaired) electrons. The lowest BCUT2D eigenvalue weighted by atomic mass is 9.93. The first-order valence-corrected chi connectivity index (χ1v) is 8.53. The largest absolute Gasteiger partial charge is 0.394 e. The molecule has 118 valence electrons. The summed E-state index contributed by atoms with van der Waals surface area (Å²) in [6, 6.07) is 10.0. The van der Waals surface area contributed by atoms with Crippen LogP contribution in [0, 0.1) is 0 Å². The number of nitrogens with one attached hydrogen (secondary N) is 1. The Morgan fingerprint density at radius 2 is 2.22 bits per heavy atom. The van der Waals surface area contributed by atoms with Crippen molar-refractivity contribution in [3.05, 3.63) is 63.0 Å². The summed E-state index contributed by atoms with van der Waals surface area (Å²) < 4.78 is 0.663. The SMILES string of the molecule is O=c1[nH]c(CN2CCc3ccccc3C2CO)nc2ccsc12. The van der Waals surface area contributed by atoms with Crippen LogP contribution in [0.4, 0.5) is 0 Å². The highest BCUT2D eigenvalue weighted by Gasteiger charge is 2.27. The normalized spacial score (nSPS) is 18.2. The number of aliphatic hydroxyl groups excluding tert-OH is 1. The zero-order chi connectivity index (χ0) is 15.8. The molecule has 1 atom stereocenters. The zero-order valence-electron chi connectivity index (χ0n) is 12.5. The lowest BCUT2D eigenvalue weighted by Crippen LogP contribution is -2.37. The predicted octanol–water partition coefficient (Wildman–Crippen LogP) is 2.08. The standard InChI is InChI=1S/C17H17N3O2S/c21-10-14-12-4-2-1-3-11(12)5-7-20(14)9-15-18-13-6-8-23-16(13)17(22)19-15/h1-4,6,8,14,21H,5,7,9-10H2,(H,18,19,22). The van der Waals surface area contributed by atoms with Gasteiger partial charge in [-0.3, -0.25) is 9.69 Å². The number of aliphatic hydroxyl groups is 1. The van der Waals surface area contributed by atoms with Crippen molar-refractivity contribution >= 4 is 21.6 Å². The minimum absolute atomic E-state index is 0.0524. The van der Waals surface area contributed by atoms with E-state index in [4.69, 9.17) is 0 Å². The van der Waals surface area contributed by atoms with Crippen LogP contribution in [0.2, 0.25) is 0 Å². The number of aromatic amines is 1. The summed E-state index contributed by atoms with van der Waals surface area (Å²) >= 11 is 1.40. The van der Waals surface area contributed by atoms with Crippen molar-refractivity contribution in [2.75, 3.05) is 13.2 Å². The van der Waals surface area contributed by atoms with Crippen molar-refractivity contribution in [1.29, 1.82) is 0 Å². The number of fused-ring (bicyclic) bond motifs is 2. The molecule has 1 aromatic carbocycles. The van der Waals surface area contributed by atoms with Crippen LogP contribution in [-0.4, -0.2) is 33.1 Å². The molecule has 1 aliphatic rings. The monoisotopic (exact) mass is 327 g/mol. The first-order chi connectivity index (χ1) is 11.3. The van der Waals surface area contributed by atoms with Crippen molar-refractivity contribution < 1.29 is 5.11 Å². The Morgan fingerprint density at radius 3 is 3.09 bits per heavy atom. The van der Waals surface area contributed by atoms with Crippen LogP contribution in [0.3, 0.4) is 0 Å². The van der Waals surface area contributed by atoms with Crippen LogP contribution in [0.1, 0.15) is 23.0 Å². The second-order valence-corrected chi connectivity index (χ2v) is 6.68. The van der Waals surface area contributed by atoms with Gasteiger partial charge in [0, 0.05) is 6.54 Å². The Balaban J connectivity index is 1.66. The number of rotatable bonds is 3. The predicted molar refractivity (Wildman–Crippen MR) is 90.6 cm³/mol. The molecule has 2 aromatic heterocycles. The first-order valence-electron chi connectivity index (χ1n) is 7.65. The lowest BCUT2D eigenvalue weighted by molar-refractivity contribution is 0.106. The Kier molecular flexibility index (Phi) is 3.72. The summed E-state index contributed by atoms with van der Waals surface area (Å²) in [5.74, 6) is 0.652. The Morgan fingerprint density at radius 1 is 1.35 bits per heavy atom. The Labute approximate surface area is 137 Å². The molecule has 0 saturated carbocycles. The van der Waals surface area contributed by atoms with Crippen LogP contribution in [0.15, 0.2) is 40.5 Å². The van der Waals surface area contributed by atoms with Gasteiger partial charge >= 0.3 is 0 Å². The number of hydrogen-bond acceptors (Lipinski definition) is 5. The fraction of sp³-hybridized carbons (Fsp3) is 0.294. The van der Waals surface area contributed by atoms with Crippen molar-refractivity contribution in [2.45, 2.75) is 19.0 Å². The smallest absolute Gasteiger partial charge is 0.268 e. The van der Waals surface area contributed by atoms with E-state index in [9.17, 15) is 9.90 Å². The molecule has 0 amide bonds. The van der Waals surface area contributed by atoms with Gasteiger partial charge in [0.15, 0.2) is 0 Å². The fourth-order valence-corrected chi connectivity index (χ4v) is 4.02. The maximum Gasteiger partial charge on any atom is 0.268 e. The second-order valence-electron chi connectivity index (χ2n) is 5.77. The quantitative estimate of drug-likeness (QED) is 0.773. The van der Waals surface area contributed by atoms with E-state index in [0.717, 1.165) is 18.5 Å².